The Kier molecular flexibility index (Phi) is 5.42. The molecule has 0 aliphatic heterocycles. The van der Waals surface area contributed by atoms with Crippen molar-refractivity contribution in [3.63, 3.8) is 0 Å². The van der Waals surface area contributed by atoms with Gasteiger partial charge in [-0.05, 0) is 37.3 Å². The predicted octanol–water partition coefficient (Wildman–Crippen LogP) is 4.15. The number of para-hydroxylation sites is 1. The van der Waals surface area contributed by atoms with Crippen LogP contribution >= 0.6 is 0 Å². The highest BCUT2D eigenvalue weighted by molar-refractivity contribution is 5.95. The maximum atomic E-state index is 12.7. The second-order valence-electron chi connectivity index (χ2n) is 5.71. The second-order valence-corrected chi connectivity index (χ2v) is 5.71. The lowest BCUT2D eigenvalue weighted by Crippen LogP contribution is -2.28. The van der Waals surface area contributed by atoms with Crippen molar-refractivity contribution in [3.8, 4) is 5.75 Å². The van der Waals surface area contributed by atoms with Gasteiger partial charge < -0.3 is 10.1 Å². The number of carbonyl (C=O) groups excluding carboxylic acids is 1. The minimum absolute atomic E-state index is 0.134. The summed E-state index contributed by atoms with van der Waals surface area (Å²) in [6.07, 6.45) is 1.72. The van der Waals surface area contributed by atoms with Crippen LogP contribution < -0.4 is 10.1 Å². The van der Waals surface area contributed by atoms with Crippen LogP contribution in [0.25, 0.3) is 0 Å². The molecule has 0 radical (unpaired) electrons. The van der Waals surface area contributed by atoms with Crippen LogP contribution in [0.2, 0.25) is 0 Å². The molecule has 4 heteroatoms. The number of ether oxygens (including phenoxy) is 1. The number of nitrogens with one attached hydrogen (secondary N) is 1. The van der Waals surface area contributed by atoms with Crippen molar-refractivity contribution in [1.82, 2.24) is 10.3 Å². The van der Waals surface area contributed by atoms with Crippen LogP contribution in [0, 0.1) is 0 Å². The van der Waals surface area contributed by atoms with E-state index >= 15 is 0 Å². The van der Waals surface area contributed by atoms with E-state index in [1.807, 2.05) is 79.7 Å². The van der Waals surface area contributed by atoms with Gasteiger partial charge in [0, 0.05) is 17.3 Å². The third-order valence-corrected chi connectivity index (χ3v) is 3.88. The topological polar surface area (TPSA) is 51.2 Å². The Labute approximate surface area is 147 Å². The molecule has 0 bridgehead atoms. The van der Waals surface area contributed by atoms with Crippen LogP contribution in [0.1, 0.15) is 34.6 Å². The lowest BCUT2D eigenvalue weighted by atomic mass is 10.1. The third-order valence-electron chi connectivity index (χ3n) is 3.88. The second kappa shape index (κ2) is 8.11. The molecule has 1 N–H and O–H groups in total. The molecule has 1 aromatic heterocycles. The van der Waals surface area contributed by atoms with Gasteiger partial charge in [0.15, 0.2) is 0 Å². The molecular formula is C21H20N2O2. The molecule has 0 aliphatic rings. The highest BCUT2D eigenvalue weighted by Gasteiger charge is 2.15. The zero-order valence-electron chi connectivity index (χ0n) is 14.1. The number of amides is 1. The number of hydrogen-bond donors (Lipinski definition) is 1. The molecule has 2 aromatic carbocycles. The minimum atomic E-state index is -0.170. The molecule has 1 atom stereocenters. The lowest BCUT2D eigenvalue weighted by molar-refractivity contribution is 0.0936. The minimum Gasteiger partial charge on any atom is -0.489 e. The van der Waals surface area contributed by atoms with Crippen LogP contribution in [-0.4, -0.2) is 10.9 Å². The molecule has 25 heavy (non-hydrogen) atoms. The average molecular weight is 332 g/mol. The van der Waals surface area contributed by atoms with E-state index in [2.05, 4.69) is 10.3 Å². The Bertz CT molecular complexity index is 820. The van der Waals surface area contributed by atoms with Crippen LogP contribution in [0.3, 0.4) is 0 Å². The maximum absolute atomic E-state index is 12.7. The number of carbonyl (C=O) groups is 1. The van der Waals surface area contributed by atoms with Gasteiger partial charge in [-0.2, -0.15) is 0 Å². The Balaban J connectivity index is 1.70. The highest BCUT2D eigenvalue weighted by atomic mass is 16.5. The normalized spacial score (nSPS) is 11.6. The fraction of sp³-hybridized carbons (Fsp3) is 0.143. The number of benzene rings is 2. The van der Waals surface area contributed by atoms with Crippen LogP contribution in [0.4, 0.5) is 0 Å². The molecule has 3 aromatic rings. The SMILES string of the molecule is C[C@@H](NC(=O)c1ccccc1COc1ccccc1)c1ccccn1. The van der Waals surface area contributed by atoms with E-state index in [4.69, 9.17) is 4.74 Å². The summed E-state index contributed by atoms with van der Waals surface area (Å²) in [4.78, 5) is 17.0. The Morgan fingerprint density at radius 1 is 1.00 bits per heavy atom. The van der Waals surface area contributed by atoms with Gasteiger partial charge in [0.2, 0.25) is 0 Å². The van der Waals surface area contributed by atoms with Crippen molar-refractivity contribution in [3.05, 3.63) is 95.8 Å². The van der Waals surface area contributed by atoms with E-state index in [9.17, 15) is 4.79 Å². The summed E-state index contributed by atoms with van der Waals surface area (Å²) in [6.45, 7) is 2.26. The zero-order valence-corrected chi connectivity index (χ0v) is 14.1. The molecule has 0 saturated carbocycles. The molecular weight excluding hydrogens is 312 g/mol. The molecule has 0 saturated heterocycles. The van der Waals surface area contributed by atoms with Gasteiger partial charge in [-0.1, -0.05) is 42.5 Å². The van der Waals surface area contributed by atoms with Gasteiger partial charge in [-0.15, -0.1) is 0 Å². The summed E-state index contributed by atoms with van der Waals surface area (Å²) in [5, 5.41) is 2.99. The summed E-state index contributed by atoms with van der Waals surface area (Å²) in [5.41, 5.74) is 2.28. The van der Waals surface area contributed by atoms with E-state index in [0.717, 1.165) is 17.0 Å². The molecule has 0 aliphatic carbocycles. The average Bonchev–Trinajstić information content (AvgIpc) is 2.68. The molecule has 1 amide bonds. The van der Waals surface area contributed by atoms with Gasteiger partial charge in [0.25, 0.3) is 5.91 Å². The summed E-state index contributed by atoms with van der Waals surface area (Å²) in [6, 6.07) is 22.5. The smallest absolute Gasteiger partial charge is 0.252 e. The lowest BCUT2D eigenvalue weighted by Gasteiger charge is -2.15. The summed E-state index contributed by atoms with van der Waals surface area (Å²) >= 11 is 0. The van der Waals surface area contributed by atoms with E-state index in [-0.39, 0.29) is 11.9 Å². The van der Waals surface area contributed by atoms with Crippen LogP contribution in [0.5, 0.6) is 5.75 Å². The maximum Gasteiger partial charge on any atom is 0.252 e. The third kappa shape index (κ3) is 4.44. The van der Waals surface area contributed by atoms with Crippen molar-refractivity contribution in [2.45, 2.75) is 19.6 Å². The van der Waals surface area contributed by atoms with Crippen molar-refractivity contribution in [2.24, 2.45) is 0 Å². The highest BCUT2D eigenvalue weighted by Crippen LogP contribution is 2.16. The first-order valence-corrected chi connectivity index (χ1v) is 8.21. The Morgan fingerprint density at radius 3 is 2.48 bits per heavy atom. The first kappa shape index (κ1) is 16.7. The van der Waals surface area contributed by atoms with Crippen molar-refractivity contribution < 1.29 is 9.53 Å². The van der Waals surface area contributed by atoms with Gasteiger partial charge in [0.05, 0.1) is 11.7 Å². The summed E-state index contributed by atoms with van der Waals surface area (Å²) in [7, 11) is 0. The largest absolute Gasteiger partial charge is 0.489 e. The van der Waals surface area contributed by atoms with Gasteiger partial charge in [-0.25, -0.2) is 0 Å². The van der Waals surface area contributed by atoms with Gasteiger partial charge in [0.1, 0.15) is 12.4 Å². The molecule has 1 heterocycles. The molecule has 4 nitrogen and oxygen atoms in total. The molecule has 3 rings (SSSR count). The van der Waals surface area contributed by atoms with E-state index < -0.39 is 0 Å². The predicted molar refractivity (Wildman–Crippen MR) is 97.3 cm³/mol. The first-order chi connectivity index (χ1) is 12.2. The number of pyridine rings is 1. The van der Waals surface area contributed by atoms with Crippen molar-refractivity contribution >= 4 is 5.91 Å². The van der Waals surface area contributed by atoms with E-state index in [1.54, 1.807) is 6.20 Å². The van der Waals surface area contributed by atoms with E-state index in [0.29, 0.717) is 12.2 Å². The fourth-order valence-electron chi connectivity index (χ4n) is 2.53. The Morgan fingerprint density at radius 2 is 1.72 bits per heavy atom. The summed E-state index contributed by atoms with van der Waals surface area (Å²) in [5.74, 6) is 0.643. The zero-order chi connectivity index (χ0) is 17.5. The van der Waals surface area contributed by atoms with Gasteiger partial charge in [-0.3, -0.25) is 9.78 Å². The first-order valence-electron chi connectivity index (χ1n) is 8.21. The number of nitrogens with zero attached hydrogens (tertiary/aromatic N) is 1. The standard InChI is InChI=1S/C21H20N2O2/c1-16(20-13-7-8-14-22-20)23-21(24)19-12-6-5-9-17(19)15-25-18-10-3-2-4-11-18/h2-14,16H,15H2,1H3,(H,23,24)/t16-/m1/s1. The molecule has 0 unspecified atom stereocenters. The monoisotopic (exact) mass is 332 g/mol. The number of aromatic nitrogens is 1. The Hall–Kier alpha value is -3.14. The number of rotatable bonds is 6. The fourth-order valence-corrected chi connectivity index (χ4v) is 2.53. The molecule has 126 valence electrons. The molecule has 0 spiro atoms. The molecule has 0 fully saturated rings. The van der Waals surface area contributed by atoms with Crippen molar-refractivity contribution in [2.75, 3.05) is 0 Å². The quantitative estimate of drug-likeness (QED) is 0.738. The van der Waals surface area contributed by atoms with Crippen LogP contribution in [0.15, 0.2) is 79.0 Å². The van der Waals surface area contributed by atoms with E-state index in [1.165, 1.54) is 0 Å². The van der Waals surface area contributed by atoms with Crippen LogP contribution in [-0.2, 0) is 6.61 Å². The summed E-state index contributed by atoms with van der Waals surface area (Å²) < 4.78 is 5.78. The number of hydrogen-bond acceptors (Lipinski definition) is 3. The van der Waals surface area contributed by atoms with Crippen molar-refractivity contribution in [1.29, 1.82) is 0 Å². The van der Waals surface area contributed by atoms with Gasteiger partial charge >= 0.3 is 0 Å².